The number of nitrogen functional groups attached to an aromatic ring is 1. The molecule has 3 N–H and O–H groups in total. The van der Waals surface area contributed by atoms with Crippen LogP contribution < -0.4 is 10.5 Å². The fourth-order valence-electron chi connectivity index (χ4n) is 2.27. The third-order valence-electron chi connectivity index (χ3n) is 3.52. The second-order valence-electron chi connectivity index (χ2n) is 5.01. The minimum Gasteiger partial charge on any atom is -0.399 e. The Labute approximate surface area is 114 Å². The summed E-state index contributed by atoms with van der Waals surface area (Å²) in [6.07, 6.45) is 2.41. The molecule has 1 aliphatic rings. The van der Waals surface area contributed by atoms with E-state index in [9.17, 15) is 8.42 Å². The van der Waals surface area contributed by atoms with Gasteiger partial charge in [0.2, 0.25) is 10.0 Å². The SMILES string of the molecule is CC(CNS(=O)(=O)c1ccc(N)cc1)N1CCCC1. The van der Waals surface area contributed by atoms with Crippen molar-refractivity contribution in [2.75, 3.05) is 25.4 Å². The zero-order valence-corrected chi connectivity index (χ0v) is 12.0. The highest BCUT2D eigenvalue weighted by Crippen LogP contribution is 2.13. The molecule has 0 saturated carbocycles. The third kappa shape index (κ3) is 3.68. The molecule has 1 saturated heterocycles. The maximum absolute atomic E-state index is 12.1. The van der Waals surface area contributed by atoms with Gasteiger partial charge in [-0.25, -0.2) is 13.1 Å². The largest absolute Gasteiger partial charge is 0.399 e. The van der Waals surface area contributed by atoms with E-state index in [0.717, 1.165) is 13.1 Å². The first-order chi connectivity index (χ1) is 8.99. The summed E-state index contributed by atoms with van der Waals surface area (Å²) in [6, 6.07) is 6.47. The maximum atomic E-state index is 12.1. The molecule has 1 unspecified atom stereocenters. The highest BCUT2D eigenvalue weighted by molar-refractivity contribution is 7.89. The number of nitrogens with one attached hydrogen (secondary N) is 1. The zero-order chi connectivity index (χ0) is 13.9. The molecule has 1 fully saturated rings. The van der Waals surface area contributed by atoms with Crippen LogP contribution in [-0.4, -0.2) is 39.0 Å². The van der Waals surface area contributed by atoms with Gasteiger partial charge in [-0.05, 0) is 57.1 Å². The summed E-state index contributed by atoms with van der Waals surface area (Å²) < 4.78 is 26.8. The Kier molecular flexibility index (Phi) is 4.44. The molecule has 0 aliphatic carbocycles. The molecule has 1 aliphatic heterocycles. The second kappa shape index (κ2) is 5.90. The Morgan fingerprint density at radius 3 is 2.42 bits per heavy atom. The number of likely N-dealkylation sites (tertiary alicyclic amines) is 1. The standard InChI is InChI=1S/C13H21N3O2S/c1-11(16-8-2-3-9-16)10-15-19(17,18)13-6-4-12(14)5-7-13/h4-7,11,15H,2-3,8-10,14H2,1H3. The van der Waals surface area contributed by atoms with Crippen LogP contribution in [0.1, 0.15) is 19.8 Å². The number of benzene rings is 1. The lowest BCUT2D eigenvalue weighted by molar-refractivity contribution is 0.260. The van der Waals surface area contributed by atoms with E-state index in [4.69, 9.17) is 5.73 Å². The Bertz CT molecular complexity index is 507. The number of nitrogens with zero attached hydrogens (tertiary/aromatic N) is 1. The van der Waals surface area contributed by atoms with Gasteiger partial charge in [0.25, 0.3) is 0 Å². The number of rotatable bonds is 5. The van der Waals surface area contributed by atoms with Crippen molar-refractivity contribution in [3.05, 3.63) is 24.3 Å². The average molecular weight is 283 g/mol. The van der Waals surface area contributed by atoms with Gasteiger partial charge in [0.05, 0.1) is 4.90 Å². The Hall–Kier alpha value is -1.11. The Morgan fingerprint density at radius 2 is 1.84 bits per heavy atom. The molecule has 0 amide bonds. The summed E-state index contributed by atoms with van der Waals surface area (Å²) in [7, 11) is -3.43. The van der Waals surface area contributed by atoms with Crippen LogP contribution in [0.3, 0.4) is 0 Å². The van der Waals surface area contributed by atoms with Crippen molar-refractivity contribution in [2.45, 2.75) is 30.7 Å². The van der Waals surface area contributed by atoms with Crippen molar-refractivity contribution >= 4 is 15.7 Å². The molecule has 1 aromatic carbocycles. The second-order valence-corrected chi connectivity index (χ2v) is 6.78. The predicted molar refractivity (Wildman–Crippen MR) is 76.3 cm³/mol. The first kappa shape index (κ1) is 14.3. The summed E-state index contributed by atoms with van der Waals surface area (Å²) >= 11 is 0. The van der Waals surface area contributed by atoms with Gasteiger partial charge in [-0.15, -0.1) is 0 Å². The van der Waals surface area contributed by atoms with Crippen LogP contribution in [0.2, 0.25) is 0 Å². The van der Waals surface area contributed by atoms with Crippen LogP contribution in [-0.2, 0) is 10.0 Å². The third-order valence-corrected chi connectivity index (χ3v) is 4.96. The van der Waals surface area contributed by atoms with E-state index >= 15 is 0 Å². The van der Waals surface area contributed by atoms with Crippen molar-refractivity contribution in [1.82, 2.24) is 9.62 Å². The minimum absolute atomic E-state index is 0.228. The van der Waals surface area contributed by atoms with Crippen molar-refractivity contribution in [3.63, 3.8) is 0 Å². The van der Waals surface area contributed by atoms with E-state index in [1.165, 1.54) is 25.0 Å². The highest BCUT2D eigenvalue weighted by Gasteiger charge is 2.20. The molecule has 0 bridgehead atoms. The molecule has 1 aromatic rings. The van der Waals surface area contributed by atoms with E-state index in [1.807, 2.05) is 0 Å². The zero-order valence-electron chi connectivity index (χ0n) is 11.2. The maximum Gasteiger partial charge on any atom is 0.240 e. The lowest BCUT2D eigenvalue weighted by atomic mass is 10.3. The first-order valence-corrected chi connectivity index (χ1v) is 8.06. The molecular weight excluding hydrogens is 262 g/mol. The number of hydrogen-bond acceptors (Lipinski definition) is 4. The lowest BCUT2D eigenvalue weighted by Gasteiger charge is -2.23. The summed E-state index contributed by atoms with van der Waals surface area (Å²) in [5.41, 5.74) is 6.11. The van der Waals surface area contributed by atoms with Gasteiger partial charge in [0.15, 0.2) is 0 Å². The van der Waals surface area contributed by atoms with Gasteiger partial charge < -0.3 is 5.73 Å². The quantitative estimate of drug-likeness (QED) is 0.792. The van der Waals surface area contributed by atoms with Crippen LogP contribution in [0.4, 0.5) is 5.69 Å². The number of anilines is 1. The number of hydrogen-bond donors (Lipinski definition) is 2. The molecule has 19 heavy (non-hydrogen) atoms. The van der Waals surface area contributed by atoms with Gasteiger partial charge in [-0.3, -0.25) is 4.90 Å². The molecule has 0 spiro atoms. The van der Waals surface area contributed by atoms with Crippen molar-refractivity contribution in [3.8, 4) is 0 Å². The monoisotopic (exact) mass is 283 g/mol. The Morgan fingerprint density at radius 1 is 1.26 bits per heavy atom. The molecule has 2 rings (SSSR count). The van der Waals surface area contributed by atoms with Crippen molar-refractivity contribution in [1.29, 1.82) is 0 Å². The lowest BCUT2D eigenvalue weighted by Crippen LogP contribution is -2.40. The molecule has 0 aromatic heterocycles. The molecule has 5 nitrogen and oxygen atoms in total. The van der Waals surface area contributed by atoms with Gasteiger partial charge in [-0.1, -0.05) is 0 Å². The number of sulfonamides is 1. The fraction of sp³-hybridized carbons (Fsp3) is 0.538. The first-order valence-electron chi connectivity index (χ1n) is 6.58. The molecule has 6 heteroatoms. The van der Waals surface area contributed by atoms with Crippen molar-refractivity contribution < 1.29 is 8.42 Å². The topological polar surface area (TPSA) is 75.4 Å². The molecule has 1 heterocycles. The Balaban J connectivity index is 1.95. The van der Waals surface area contributed by atoms with E-state index in [0.29, 0.717) is 12.2 Å². The minimum atomic E-state index is -3.43. The van der Waals surface area contributed by atoms with E-state index < -0.39 is 10.0 Å². The van der Waals surface area contributed by atoms with Gasteiger partial charge in [-0.2, -0.15) is 0 Å². The summed E-state index contributed by atoms with van der Waals surface area (Å²) in [5, 5.41) is 0. The molecule has 106 valence electrons. The molecule has 0 radical (unpaired) electrons. The van der Waals surface area contributed by atoms with Gasteiger partial charge in [0.1, 0.15) is 0 Å². The summed E-state index contributed by atoms with van der Waals surface area (Å²) in [6.45, 7) is 4.61. The molecule has 1 atom stereocenters. The molecular formula is C13H21N3O2S. The predicted octanol–water partition coefficient (Wildman–Crippen LogP) is 1.03. The normalized spacial score (nSPS) is 18.6. The van der Waals surface area contributed by atoms with Crippen LogP contribution in [0.25, 0.3) is 0 Å². The van der Waals surface area contributed by atoms with E-state index in [2.05, 4.69) is 16.5 Å². The van der Waals surface area contributed by atoms with Crippen molar-refractivity contribution in [2.24, 2.45) is 0 Å². The van der Waals surface area contributed by atoms with Gasteiger partial charge >= 0.3 is 0 Å². The number of nitrogens with two attached hydrogens (primary N) is 1. The smallest absolute Gasteiger partial charge is 0.240 e. The summed E-state index contributed by atoms with van der Waals surface area (Å²) in [5.74, 6) is 0. The van der Waals surface area contributed by atoms with Crippen LogP contribution >= 0.6 is 0 Å². The average Bonchev–Trinajstić information content (AvgIpc) is 2.90. The van der Waals surface area contributed by atoms with E-state index in [-0.39, 0.29) is 10.9 Å². The van der Waals surface area contributed by atoms with Crippen LogP contribution in [0.5, 0.6) is 0 Å². The van der Waals surface area contributed by atoms with Crippen LogP contribution in [0.15, 0.2) is 29.2 Å². The van der Waals surface area contributed by atoms with Crippen LogP contribution in [0, 0.1) is 0 Å². The van der Waals surface area contributed by atoms with Gasteiger partial charge in [0, 0.05) is 18.3 Å². The highest BCUT2D eigenvalue weighted by atomic mass is 32.2. The fourth-order valence-corrected chi connectivity index (χ4v) is 3.39. The summed E-state index contributed by atoms with van der Waals surface area (Å²) in [4.78, 5) is 2.57. The van der Waals surface area contributed by atoms with E-state index in [1.54, 1.807) is 12.1 Å².